The molecular weight excluding hydrogens is 160 g/mol. The summed E-state index contributed by atoms with van der Waals surface area (Å²) in [5.41, 5.74) is -0.604. The zero-order valence-corrected chi connectivity index (χ0v) is 9.09. The third-order valence-electron chi connectivity index (χ3n) is 3.71. The Morgan fingerprint density at radius 2 is 2.08 bits per heavy atom. The molecule has 76 valence electrons. The minimum Gasteiger partial charge on any atom is -0.386 e. The molecule has 1 saturated carbocycles. The Bertz CT molecular complexity index is 186. The van der Waals surface area contributed by atoms with Crippen LogP contribution in [0.2, 0.25) is 0 Å². The molecule has 1 aliphatic carbocycles. The van der Waals surface area contributed by atoms with Crippen molar-refractivity contribution in [2.75, 3.05) is 0 Å². The maximum atomic E-state index is 10.2. The van der Waals surface area contributed by atoms with Gasteiger partial charge in [-0.3, -0.25) is 0 Å². The molecule has 0 saturated heterocycles. The van der Waals surface area contributed by atoms with E-state index in [9.17, 15) is 5.11 Å². The van der Waals surface area contributed by atoms with Crippen LogP contribution in [-0.2, 0) is 0 Å². The van der Waals surface area contributed by atoms with Gasteiger partial charge in [-0.2, -0.15) is 0 Å². The predicted molar refractivity (Wildman–Crippen MR) is 56.5 cm³/mol. The molecule has 13 heavy (non-hydrogen) atoms. The van der Waals surface area contributed by atoms with E-state index in [4.69, 9.17) is 0 Å². The second-order valence-corrected chi connectivity index (χ2v) is 4.88. The largest absolute Gasteiger partial charge is 0.386 e. The van der Waals surface area contributed by atoms with E-state index in [1.807, 2.05) is 0 Å². The van der Waals surface area contributed by atoms with Gasteiger partial charge in [0.1, 0.15) is 0 Å². The summed E-state index contributed by atoms with van der Waals surface area (Å²) in [5.74, 6) is 1.72. The second-order valence-electron chi connectivity index (χ2n) is 4.88. The summed E-state index contributed by atoms with van der Waals surface area (Å²) in [6.07, 6.45) is 5.03. The van der Waals surface area contributed by atoms with Crippen molar-refractivity contribution in [2.45, 2.75) is 45.6 Å². The fourth-order valence-electron chi connectivity index (χ4n) is 2.29. The summed E-state index contributed by atoms with van der Waals surface area (Å²) in [4.78, 5) is 0. The maximum Gasteiger partial charge on any atom is 0.0853 e. The SMILES string of the molecule is C=C[C@]1(O)C[C@@H](C(C)C)CC[C@@H]1C. The summed E-state index contributed by atoms with van der Waals surface area (Å²) in [6, 6.07) is 0. The molecule has 0 aliphatic heterocycles. The molecule has 3 atom stereocenters. The zero-order chi connectivity index (χ0) is 10.1. The predicted octanol–water partition coefficient (Wildman–Crippen LogP) is 3.00. The number of hydrogen-bond donors (Lipinski definition) is 1. The molecule has 1 nitrogen and oxygen atoms in total. The topological polar surface area (TPSA) is 20.2 Å². The second kappa shape index (κ2) is 3.83. The standard InChI is InChI=1S/C12H22O/c1-5-12(13)8-11(9(2)3)7-6-10(12)4/h5,9-11,13H,1,6-8H2,2-4H3/t10-,11-,12-/m0/s1. The minimum absolute atomic E-state index is 0.375. The highest BCUT2D eigenvalue weighted by molar-refractivity contribution is 5.03. The lowest BCUT2D eigenvalue weighted by atomic mass is 9.68. The molecule has 0 aromatic rings. The molecule has 0 spiro atoms. The van der Waals surface area contributed by atoms with Crippen molar-refractivity contribution in [1.29, 1.82) is 0 Å². The van der Waals surface area contributed by atoms with Crippen molar-refractivity contribution in [1.82, 2.24) is 0 Å². The van der Waals surface area contributed by atoms with Crippen LogP contribution < -0.4 is 0 Å². The van der Waals surface area contributed by atoms with Crippen LogP contribution in [0.15, 0.2) is 12.7 Å². The smallest absolute Gasteiger partial charge is 0.0853 e. The van der Waals surface area contributed by atoms with Gasteiger partial charge in [0.05, 0.1) is 5.60 Å². The molecular formula is C12H22O. The number of hydrogen-bond acceptors (Lipinski definition) is 1. The van der Waals surface area contributed by atoms with Crippen molar-refractivity contribution in [3.63, 3.8) is 0 Å². The highest BCUT2D eigenvalue weighted by Crippen LogP contribution is 2.40. The highest BCUT2D eigenvalue weighted by atomic mass is 16.3. The summed E-state index contributed by atoms with van der Waals surface area (Å²) >= 11 is 0. The van der Waals surface area contributed by atoms with Crippen molar-refractivity contribution in [2.24, 2.45) is 17.8 Å². The van der Waals surface area contributed by atoms with Gasteiger partial charge in [0.15, 0.2) is 0 Å². The Morgan fingerprint density at radius 3 is 2.54 bits per heavy atom. The third kappa shape index (κ3) is 2.14. The summed E-state index contributed by atoms with van der Waals surface area (Å²) < 4.78 is 0. The summed E-state index contributed by atoms with van der Waals surface area (Å²) in [7, 11) is 0. The Morgan fingerprint density at radius 1 is 1.46 bits per heavy atom. The van der Waals surface area contributed by atoms with E-state index in [0.29, 0.717) is 17.8 Å². The van der Waals surface area contributed by atoms with Crippen LogP contribution in [0.25, 0.3) is 0 Å². The molecule has 1 N–H and O–H groups in total. The van der Waals surface area contributed by atoms with Gasteiger partial charge in [-0.1, -0.05) is 26.8 Å². The fraction of sp³-hybridized carbons (Fsp3) is 0.833. The van der Waals surface area contributed by atoms with Crippen molar-refractivity contribution >= 4 is 0 Å². The van der Waals surface area contributed by atoms with Crippen LogP contribution in [0, 0.1) is 17.8 Å². The van der Waals surface area contributed by atoms with E-state index < -0.39 is 5.60 Å². The Kier molecular flexibility index (Phi) is 3.18. The van der Waals surface area contributed by atoms with Gasteiger partial charge in [0.25, 0.3) is 0 Å². The van der Waals surface area contributed by atoms with Gasteiger partial charge in [-0.05, 0) is 37.0 Å². The quantitative estimate of drug-likeness (QED) is 0.651. The molecule has 0 aromatic carbocycles. The number of rotatable bonds is 2. The lowest BCUT2D eigenvalue weighted by Crippen LogP contribution is -2.41. The first-order valence-corrected chi connectivity index (χ1v) is 5.35. The van der Waals surface area contributed by atoms with E-state index >= 15 is 0 Å². The molecule has 0 bridgehead atoms. The van der Waals surface area contributed by atoms with E-state index in [1.165, 1.54) is 6.42 Å². The molecule has 1 heteroatoms. The highest BCUT2D eigenvalue weighted by Gasteiger charge is 2.38. The van der Waals surface area contributed by atoms with Gasteiger partial charge in [-0.15, -0.1) is 6.58 Å². The van der Waals surface area contributed by atoms with Gasteiger partial charge in [0.2, 0.25) is 0 Å². The molecule has 0 radical (unpaired) electrons. The fourth-order valence-corrected chi connectivity index (χ4v) is 2.29. The van der Waals surface area contributed by atoms with Gasteiger partial charge in [-0.25, -0.2) is 0 Å². The van der Waals surface area contributed by atoms with E-state index in [-0.39, 0.29) is 0 Å². The van der Waals surface area contributed by atoms with Crippen molar-refractivity contribution in [3.8, 4) is 0 Å². The molecule has 0 aromatic heterocycles. The van der Waals surface area contributed by atoms with Crippen LogP contribution >= 0.6 is 0 Å². The first kappa shape index (κ1) is 10.8. The lowest BCUT2D eigenvalue weighted by molar-refractivity contribution is -0.0260. The van der Waals surface area contributed by atoms with Gasteiger partial charge >= 0.3 is 0 Å². The van der Waals surface area contributed by atoms with E-state index in [2.05, 4.69) is 27.4 Å². The molecule has 0 amide bonds. The Labute approximate surface area is 81.9 Å². The molecule has 1 rings (SSSR count). The minimum atomic E-state index is -0.604. The van der Waals surface area contributed by atoms with E-state index in [1.54, 1.807) is 6.08 Å². The van der Waals surface area contributed by atoms with Gasteiger partial charge in [0, 0.05) is 0 Å². The molecule has 1 fully saturated rings. The van der Waals surface area contributed by atoms with Crippen LogP contribution in [0.4, 0.5) is 0 Å². The zero-order valence-electron chi connectivity index (χ0n) is 9.09. The van der Waals surface area contributed by atoms with Crippen LogP contribution in [0.1, 0.15) is 40.0 Å². The van der Waals surface area contributed by atoms with Crippen LogP contribution in [-0.4, -0.2) is 10.7 Å². The van der Waals surface area contributed by atoms with Crippen molar-refractivity contribution < 1.29 is 5.11 Å². The molecule has 1 aliphatic rings. The summed E-state index contributed by atoms with van der Waals surface area (Å²) in [6.45, 7) is 10.4. The normalized spacial score (nSPS) is 40.7. The average molecular weight is 182 g/mol. The molecule has 0 unspecified atom stereocenters. The summed E-state index contributed by atoms with van der Waals surface area (Å²) in [5, 5.41) is 10.2. The van der Waals surface area contributed by atoms with Crippen LogP contribution in [0.3, 0.4) is 0 Å². The number of aliphatic hydroxyl groups is 1. The average Bonchev–Trinajstić information content (AvgIpc) is 2.09. The lowest BCUT2D eigenvalue weighted by Gasteiger charge is -2.41. The Hall–Kier alpha value is -0.300. The molecule has 0 heterocycles. The van der Waals surface area contributed by atoms with E-state index in [0.717, 1.165) is 12.8 Å². The van der Waals surface area contributed by atoms with Crippen molar-refractivity contribution in [3.05, 3.63) is 12.7 Å². The maximum absolute atomic E-state index is 10.2. The van der Waals surface area contributed by atoms with Crippen LogP contribution in [0.5, 0.6) is 0 Å². The van der Waals surface area contributed by atoms with Gasteiger partial charge < -0.3 is 5.11 Å². The third-order valence-corrected chi connectivity index (χ3v) is 3.71. The first-order chi connectivity index (χ1) is 5.99. The first-order valence-electron chi connectivity index (χ1n) is 5.35. The Balaban J connectivity index is 2.68. The monoisotopic (exact) mass is 182 g/mol.